The summed E-state index contributed by atoms with van der Waals surface area (Å²) in [6, 6.07) is 76.9. The lowest BCUT2D eigenvalue weighted by atomic mass is 10.1. The Morgan fingerprint density at radius 2 is 0.662 bits per heavy atom. The van der Waals surface area contributed by atoms with Crippen molar-refractivity contribution in [3.8, 4) is 5.75 Å². The molecule has 36 heteroatoms. The van der Waals surface area contributed by atoms with Gasteiger partial charge in [0.05, 0.1) is 66.5 Å². The first-order valence-electron chi connectivity index (χ1n) is 48.0. The van der Waals surface area contributed by atoms with E-state index in [0.717, 1.165) is 183 Å². The number of ether oxygens (including phenoxy) is 1. The van der Waals surface area contributed by atoms with E-state index >= 15 is 0 Å². The summed E-state index contributed by atoms with van der Waals surface area (Å²) in [6.07, 6.45) is 21.7. The van der Waals surface area contributed by atoms with Crippen molar-refractivity contribution in [1.82, 2.24) is 101 Å². The second-order valence-electron chi connectivity index (χ2n) is 33.4. The molecule has 1 aliphatic heterocycles. The lowest BCUT2D eigenvalue weighted by molar-refractivity contribution is -0.124. The topological polar surface area (TPSA) is 465 Å². The highest BCUT2D eigenvalue weighted by Crippen LogP contribution is 2.27. The van der Waals surface area contributed by atoms with Gasteiger partial charge in [-0.05, 0) is 220 Å². The van der Waals surface area contributed by atoms with Crippen molar-refractivity contribution in [1.29, 1.82) is 0 Å². The number of carbonyl (C=O) groups is 7. The number of hydroxylamine groups is 5. The van der Waals surface area contributed by atoms with Crippen molar-refractivity contribution in [2.24, 2.45) is 0 Å². The van der Waals surface area contributed by atoms with Crippen LogP contribution in [0.4, 0.5) is 0 Å². The highest BCUT2D eigenvalue weighted by Gasteiger charge is 2.21. The molecular formula is C109H122N20O15S. The van der Waals surface area contributed by atoms with Crippen molar-refractivity contribution in [3.05, 3.63) is 347 Å². The summed E-state index contributed by atoms with van der Waals surface area (Å²) in [5.41, 5.74) is 24.9. The molecule has 16 rings (SSSR count). The molecule has 35 nitrogen and oxygen atoms in total. The van der Waals surface area contributed by atoms with Crippen LogP contribution in [0.3, 0.4) is 0 Å². The molecule has 1 aliphatic rings. The minimum absolute atomic E-state index is 0.00931. The summed E-state index contributed by atoms with van der Waals surface area (Å²) < 4.78 is 43.6. The number of nitrogens with zero attached hydrogens (tertiary/aromatic N) is 11. The number of aromatic nitrogens is 10. The molecule has 0 saturated carbocycles. The molecule has 0 radical (unpaired) electrons. The number of fused-ring (bicyclic) bond motifs is 5. The summed E-state index contributed by atoms with van der Waals surface area (Å²) in [7, 11) is -3.56. The SMILES string of the molecule is CCn1c(CCNC(=O)COc2ccccc2)nc2cc(/C=C/C(=O)NO)ccc21.CCn1c(CCNC(=O)Cc2ccccc2)nc2cc(/C=C/C(=O)NO)ccc21.CCn1c(CCNCc2ccccc2)nc2cc(/C=C/C(=O)NO)ccc21.CCn1c(CCNS(=O)(=O)c2ccccc2)nc2cc(/C=C/C(=O)NO)ccc21.O=C(/C=C/c1ccc2c(c1)nc(CCc1ccccc1)n2CCN1CCCC1)NO. The van der Waals surface area contributed by atoms with E-state index in [-0.39, 0.29) is 29.9 Å². The molecule has 5 aromatic heterocycles. The Morgan fingerprint density at radius 3 is 1.03 bits per heavy atom. The fourth-order valence-electron chi connectivity index (χ4n) is 16.5. The first-order chi connectivity index (χ1) is 70.6. The average molecular weight is 1980 g/mol. The Morgan fingerprint density at radius 1 is 0.345 bits per heavy atom. The van der Waals surface area contributed by atoms with Gasteiger partial charge in [0.2, 0.25) is 15.9 Å². The van der Waals surface area contributed by atoms with Crippen molar-refractivity contribution >= 4 is 137 Å². The molecule has 1 saturated heterocycles. The van der Waals surface area contributed by atoms with Crippen LogP contribution in [-0.2, 0) is 128 Å². The second kappa shape index (κ2) is 56.0. The van der Waals surface area contributed by atoms with E-state index in [1.165, 1.54) is 67.4 Å². The van der Waals surface area contributed by atoms with Crippen molar-refractivity contribution in [3.63, 3.8) is 0 Å². The predicted molar refractivity (Wildman–Crippen MR) is 558 cm³/mol. The number of nitrogens with one attached hydrogen (secondary N) is 9. The zero-order valence-electron chi connectivity index (χ0n) is 81.3. The van der Waals surface area contributed by atoms with E-state index in [1.807, 2.05) is 176 Å². The van der Waals surface area contributed by atoms with Crippen molar-refractivity contribution < 1.29 is 72.8 Å². The van der Waals surface area contributed by atoms with Crippen LogP contribution in [0.1, 0.15) is 114 Å². The number of para-hydroxylation sites is 1. The number of aryl methyl sites for hydroxylation is 6. The van der Waals surface area contributed by atoms with Gasteiger partial charge in [-0.2, -0.15) is 0 Å². The van der Waals surface area contributed by atoms with E-state index in [2.05, 4.69) is 110 Å². The number of amides is 7. The maximum Gasteiger partial charge on any atom is 0.267 e. The third-order valence-corrected chi connectivity index (χ3v) is 25.1. The molecule has 754 valence electrons. The predicted octanol–water partition coefficient (Wildman–Crippen LogP) is 13.2. The lowest BCUT2D eigenvalue weighted by Crippen LogP contribution is -2.31. The van der Waals surface area contributed by atoms with Crippen LogP contribution in [0, 0.1) is 0 Å². The Kier molecular flexibility index (Phi) is 41.6. The van der Waals surface area contributed by atoms with Gasteiger partial charge in [0.25, 0.3) is 35.4 Å². The van der Waals surface area contributed by atoms with Gasteiger partial charge in [0, 0.05) is 134 Å². The first-order valence-corrected chi connectivity index (χ1v) is 49.4. The molecule has 145 heavy (non-hydrogen) atoms. The van der Waals surface area contributed by atoms with Gasteiger partial charge in [-0.1, -0.05) is 158 Å². The number of imidazole rings is 5. The Balaban J connectivity index is 0.000000161. The van der Waals surface area contributed by atoms with Crippen LogP contribution in [0.2, 0.25) is 0 Å². The summed E-state index contributed by atoms with van der Waals surface area (Å²) >= 11 is 0. The number of rotatable bonds is 41. The van der Waals surface area contributed by atoms with Gasteiger partial charge in [0.15, 0.2) is 6.61 Å². The first kappa shape index (κ1) is 108. The minimum atomic E-state index is -3.56. The Labute approximate surface area is 840 Å². The number of hydrogen-bond acceptors (Lipinski definition) is 22. The van der Waals surface area contributed by atoms with Gasteiger partial charge in [-0.15, -0.1) is 0 Å². The lowest BCUT2D eigenvalue weighted by Gasteiger charge is -2.16. The zero-order chi connectivity index (χ0) is 103. The molecule has 0 aliphatic carbocycles. The fraction of sp³-hybridized carbons (Fsp3) is 0.248. The molecule has 6 heterocycles. The van der Waals surface area contributed by atoms with Crippen LogP contribution >= 0.6 is 0 Å². The molecule has 7 amide bonds. The smallest absolute Gasteiger partial charge is 0.267 e. The third-order valence-electron chi connectivity index (χ3n) is 23.6. The molecule has 14 N–H and O–H groups in total. The fourth-order valence-corrected chi connectivity index (χ4v) is 17.6. The maximum atomic E-state index is 12.3. The highest BCUT2D eigenvalue weighted by molar-refractivity contribution is 7.89. The number of hydrogen-bond donors (Lipinski definition) is 14. The van der Waals surface area contributed by atoms with Gasteiger partial charge < -0.3 is 48.4 Å². The largest absolute Gasteiger partial charge is 0.484 e. The van der Waals surface area contributed by atoms with Crippen LogP contribution in [0.25, 0.3) is 85.5 Å². The van der Waals surface area contributed by atoms with Gasteiger partial charge >= 0.3 is 0 Å². The summed E-state index contributed by atoms with van der Waals surface area (Å²) in [4.78, 5) is 106. The zero-order valence-corrected chi connectivity index (χ0v) is 82.1. The highest BCUT2D eigenvalue weighted by atomic mass is 32.2. The Bertz CT molecular complexity index is 7120. The van der Waals surface area contributed by atoms with E-state index in [4.69, 9.17) is 45.7 Å². The minimum Gasteiger partial charge on any atom is -0.484 e. The number of sulfonamides is 1. The number of benzene rings is 10. The molecular weight excluding hydrogens is 1860 g/mol. The van der Waals surface area contributed by atoms with Crippen LogP contribution in [0.15, 0.2) is 278 Å². The quantitative estimate of drug-likeness (QED) is 0.00732. The van der Waals surface area contributed by atoms with Gasteiger partial charge in [-0.25, -0.2) is 65.5 Å². The molecule has 0 spiro atoms. The third kappa shape index (κ3) is 32.5. The number of likely N-dealkylation sites (tertiary alicyclic amines) is 1. The molecule has 10 aromatic carbocycles. The Hall–Kier alpha value is -16.0. The molecule has 1 fully saturated rings. The van der Waals surface area contributed by atoms with Crippen molar-refractivity contribution in [2.45, 2.75) is 130 Å². The standard InChI is InChI=1S/C24H28N4O2.C22H24N4O4.C22H24N4O3.C21H24N4O2.C20H22N4O4S/c29-24(26-30)13-10-20-8-11-22-21(18-20)25-23(12-9-19-6-2-1-3-7-19)28(22)17-16-27-14-4-5-15-27;1-2-26-19-10-8-16(9-11-21(27)25-29)14-18(19)24-20(26)12-13-23-22(28)15-30-17-6-4-3-5-7-17;1-2-26-19-10-8-17(9-11-21(27)25-29)14-18(19)24-20(26)12-13-23-22(28)15-16-6-4-3-5-7-16;1-2-25-19-10-8-16(9-11-21(26)24-27)14-18(19)23-20(25)12-13-22-15-17-6-4-3-5-7-17;1-2-24-18-10-8-15(9-11-20(25)23-26)14-17(18)22-19(24)12-13-21-29(27,28)16-6-4-3-5-7-16/h1-3,6-8,10-11,13,18,30H,4-5,9,12,14-17H2,(H,26,29);3-11,14,29H,2,12-13,15H2,1H3,(H,23,28)(H,25,27);3-11,14,29H,2,12-13,15H2,1H3,(H,23,28)(H,25,27);3-11,14,22,27H,2,12-13,15H2,1H3,(H,24,26);3-11,14,21,26H,2,12-13H2,1H3,(H,23,25)/b13-10+;4*11-9+. The summed E-state index contributed by atoms with van der Waals surface area (Å²) in [6.45, 7) is 18.5. The van der Waals surface area contributed by atoms with Gasteiger partial charge in [0.1, 0.15) is 34.9 Å². The summed E-state index contributed by atoms with van der Waals surface area (Å²) in [5.74, 6) is 2.24. The van der Waals surface area contributed by atoms with E-state index < -0.39 is 39.6 Å². The maximum absolute atomic E-state index is 12.3. The van der Waals surface area contributed by atoms with Gasteiger partial charge in [-0.3, -0.25) is 59.6 Å². The van der Waals surface area contributed by atoms with E-state index in [1.54, 1.807) is 100 Å². The number of carbonyl (C=O) groups excluding carboxylic acids is 7. The van der Waals surface area contributed by atoms with E-state index in [9.17, 15) is 42.0 Å². The molecule has 0 unspecified atom stereocenters. The monoisotopic (exact) mass is 1980 g/mol. The summed E-state index contributed by atoms with van der Waals surface area (Å²) in [5, 5.41) is 52.2. The molecule has 15 aromatic rings. The van der Waals surface area contributed by atoms with Crippen LogP contribution < -0.4 is 52.8 Å². The van der Waals surface area contributed by atoms with E-state index in [0.29, 0.717) is 51.1 Å². The van der Waals surface area contributed by atoms with Crippen molar-refractivity contribution in [2.75, 3.05) is 52.4 Å². The molecule has 0 bridgehead atoms. The average Bonchev–Trinajstić information content (AvgIpc) is 1.66. The van der Waals surface area contributed by atoms with Crippen LogP contribution in [0.5, 0.6) is 5.75 Å². The normalized spacial score (nSPS) is 12.0. The van der Waals surface area contributed by atoms with Crippen LogP contribution in [-0.4, -0.2) is 181 Å². The molecule has 0 atom stereocenters. The second-order valence-corrected chi connectivity index (χ2v) is 35.2.